The molecule has 0 radical (unpaired) electrons. The van der Waals surface area contributed by atoms with Crippen molar-refractivity contribution < 1.29 is 0 Å². The van der Waals surface area contributed by atoms with Gasteiger partial charge in [-0.25, -0.2) is 0 Å². The Kier molecular flexibility index (Phi) is 4.97. The molecule has 1 aromatic carbocycles. The van der Waals surface area contributed by atoms with Gasteiger partial charge in [0.1, 0.15) is 0 Å². The van der Waals surface area contributed by atoms with E-state index in [2.05, 4.69) is 67.1 Å². The van der Waals surface area contributed by atoms with E-state index in [4.69, 9.17) is 0 Å². The highest BCUT2D eigenvalue weighted by Crippen LogP contribution is 2.26. The van der Waals surface area contributed by atoms with Crippen LogP contribution in [0.15, 0.2) is 47.8 Å². The molecule has 0 amide bonds. The predicted octanol–water partition coefficient (Wildman–Crippen LogP) is 4.07. The maximum atomic E-state index is 3.50. The zero-order valence-electron chi connectivity index (χ0n) is 11.1. The summed E-state index contributed by atoms with van der Waals surface area (Å²) in [5.41, 5.74) is 1.44. The lowest BCUT2D eigenvalue weighted by molar-refractivity contribution is 0.451. The second kappa shape index (κ2) is 6.72. The second-order valence-corrected chi connectivity index (χ2v) is 5.64. The molecule has 96 valence electrons. The van der Waals surface area contributed by atoms with Crippen LogP contribution in [0.3, 0.4) is 0 Å². The molecule has 0 aliphatic heterocycles. The molecule has 2 aromatic rings. The molecule has 18 heavy (non-hydrogen) atoms. The lowest BCUT2D eigenvalue weighted by atomic mass is 9.87. The molecule has 2 atom stereocenters. The fourth-order valence-corrected chi connectivity index (χ4v) is 3.31. The van der Waals surface area contributed by atoms with Crippen LogP contribution >= 0.6 is 11.3 Å². The van der Waals surface area contributed by atoms with Crippen molar-refractivity contribution in [2.45, 2.75) is 31.7 Å². The van der Waals surface area contributed by atoms with Gasteiger partial charge in [0.25, 0.3) is 0 Å². The van der Waals surface area contributed by atoms with Crippen molar-refractivity contribution in [3.05, 3.63) is 58.3 Å². The standard InChI is InChI=1S/C16H21NS/c1-3-15(13-8-5-4-6-9-13)16(17-2)12-14-10-7-11-18-14/h4-11,15-17H,3,12H2,1-2H3. The zero-order chi connectivity index (χ0) is 12.8. The largest absolute Gasteiger partial charge is 0.316 e. The third-order valence-corrected chi connectivity index (χ3v) is 4.42. The third-order valence-electron chi connectivity index (χ3n) is 3.53. The van der Waals surface area contributed by atoms with Crippen molar-refractivity contribution >= 4 is 11.3 Å². The van der Waals surface area contributed by atoms with Crippen LogP contribution in [-0.4, -0.2) is 13.1 Å². The van der Waals surface area contributed by atoms with Crippen LogP contribution in [0.25, 0.3) is 0 Å². The van der Waals surface area contributed by atoms with Crippen LogP contribution in [0.4, 0.5) is 0 Å². The summed E-state index contributed by atoms with van der Waals surface area (Å²) in [6.45, 7) is 2.27. The second-order valence-electron chi connectivity index (χ2n) is 4.60. The van der Waals surface area contributed by atoms with Gasteiger partial charge < -0.3 is 5.32 Å². The number of likely N-dealkylation sites (N-methyl/N-ethyl adjacent to an activating group) is 1. The normalized spacial score (nSPS) is 14.3. The molecule has 0 fully saturated rings. The maximum Gasteiger partial charge on any atom is 0.0181 e. The van der Waals surface area contributed by atoms with Gasteiger partial charge in [-0.3, -0.25) is 0 Å². The van der Waals surface area contributed by atoms with Crippen LogP contribution in [0.2, 0.25) is 0 Å². The molecule has 0 saturated heterocycles. The number of nitrogens with one attached hydrogen (secondary N) is 1. The molecule has 0 spiro atoms. The molecule has 1 heterocycles. The van der Waals surface area contributed by atoms with Crippen LogP contribution in [0, 0.1) is 0 Å². The molecular weight excluding hydrogens is 238 g/mol. The molecule has 1 nitrogen and oxygen atoms in total. The number of hydrogen-bond donors (Lipinski definition) is 1. The van der Waals surface area contributed by atoms with Gasteiger partial charge in [-0.15, -0.1) is 11.3 Å². The Morgan fingerprint density at radius 3 is 2.44 bits per heavy atom. The van der Waals surface area contributed by atoms with E-state index in [1.165, 1.54) is 16.9 Å². The summed E-state index contributed by atoms with van der Waals surface area (Å²) >= 11 is 1.85. The highest BCUT2D eigenvalue weighted by atomic mass is 32.1. The van der Waals surface area contributed by atoms with Crippen LogP contribution in [-0.2, 0) is 6.42 Å². The maximum absolute atomic E-state index is 3.50. The number of rotatable bonds is 6. The van der Waals surface area contributed by atoms with Gasteiger partial charge in [0.2, 0.25) is 0 Å². The van der Waals surface area contributed by atoms with Crippen molar-refractivity contribution in [2.24, 2.45) is 0 Å². The summed E-state index contributed by atoms with van der Waals surface area (Å²) in [6, 6.07) is 15.7. The number of hydrogen-bond acceptors (Lipinski definition) is 2. The minimum atomic E-state index is 0.510. The fourth-order valence-electron chi connectivity index (χ4n) is 2.54. The first-order valence-corrected chi connectivity index (χ1v) is 7.47. The smallest absolute Gasteiger partial charge is 0.0181 e. The van der Waals surface area contributed by atoms with Crippen LogP contribution in [0.5, 0.6) is 0 Å². The molecule has 2 unspecified atom stereocenters. The molecule has 0 aliphatic rings. The Morgan fingerprint density at radius 1 is 1.11 bits per heavy atom. The van der Waals surface area contributed by atoms with Crippen LogP contribution < -0.4 is 5.32 Å². The van der Waals surface area contributed by atoms with E-state index in [9.17, 15) is 0 Å². The first-order chi connectivity index (χ1) is 8.85. The average molecular weight is 259 g/mol. The molecule has 1 N–H and O–H groups in total. The average Bonchev–Trinajstić information content (AvgIpc) is 2.92. The van der Waals surface area contributed by atoms with Gasteiger partial charge in [-0.1, -0.05) is 43.3 Å². The van der Waals surface area contributed by atoms with E-state index in [0.29, 0.717) is 12.0 Å². The molecule has 0 bridgehead atoms. The molecule has 0 saturated carbocycles. The first kappa shape index (κ1) is 13.3. The Hall–Kier alpha value is -1.12. The fraction of sp³-hybridized carbons (Fsp3) is 0.375. The van der Waals surface area contributed by atoms with Gasteiger partial charge in [-0.05, 0) is 42.8 Å². The Balaban J connectivity index is 2.14. The van der Waals surface area contributed by atoms with Gasteiger partial charge in [-0.2, -0.15) is 0 Å². The highest BCUT2D eigenvalue weighted by Gasteiger charge is 2.20. The summed E-state index contributed by atoms with van der Waals surface area (Å²) in [4.78, 5) is 1.46. The number of benzene rings is 1. The van der Waals surface area contributed by atoms with Crippen molar-refractivity contribution in [1.29, 1.82) is 0 Å². The first-order valence-electron chi connectivity index (χ1n) is 6.59. The molecule has 2 rings (SSSR count). The van der Waals surface area contributed by atoms with Crippen molar-refractivity contribution in [1.82, 2.24) is 5.32 Å². The summed E-state index contributed by atoms with van der Waals surface area (Å²) < 4.78 is 0. The monoisotopic (exact) mass is 259 g/mol. The van der Waals surface area contributed by atoms with Crippen molar-refractivity contribution in [2.75, 3.05) is 7.05 Å². The Morgan fingerprint density at radius 2 is 1.89 bits per heavy atom. The third kappa shape index (κ3) is 3.21. The molecular formula is C16H21NS. The van der Waals surface area contributed by atoms with Gasteiger partial charge in [0, 0.05) is 10.9 Å². The Bertz CT molecular complexity index is 435. The number of thiophene rings is 1. The minimum Gasteiger partial charge on any atom is -0.316 e. The summed E-state index contributed by atoms with van der Waals surface area (Å²) in [5.74, 6) is 0.582. The molecule has 1 aromatic heterocycles. The van der Waals surface area contributed by atoms with E-state index in [0.717, 1.165) is 6.42 Å². The Labute approximate surface area is 114 Å². The van der Waals surface area contributed by atoms with Crippen LogP contribution in [0.1, 0.15) is 29.7 Å². The van der Waals surface area contributed by atoms with E-state index in [1.54, 1.807) is 0 Å². The quantitative estimate of drug-likeness (QED) is 0.824. The van der Waals surface area contributed by atoms with Crippen molar-refractivity contribution in [3.63, 3.8) is 0 Å². The van der Waals surface area contributed by atoms with E-state index in [1.807, 2.05) is 11.3 Å². The SMILES string of the molecule is CCC(c1ccccc1)C(Cc1cccs1)NC. The zero-order valence-corrected chi connectivity index (χ0v) is 11.9. The van der Waals surface area contributed by atoms with E-state index in [-0.39, 0.29) is 0 Å². The summed E-state index contributed by atoms with van der Waals surface area (Å²) in [7, 11) is 2.07. The lowest BCUT2D eigenvalue weighted by Gasteiger charge is -2.26. The topological polar surface area (TPSA) is 12.0 Å². The van der Waals surface area contributed by atoms with Gasteiger partial charge in [0.15, 0.2) is 0 Å². The van der Waals surface area contributed by atoms with E-state index < -0.39 is 0 Å². The van der Waals surface area contributed by atoms with Gasteiger partial charge in [0.05, 0.1) is 0 Å². The summed E-state index contributed by atoms with van der Waals surface area (Å²) in [5, 5.41) is 5.65. The highest BCUT2D eigenvalue weighted by molar-refractivity contribution is 7.09. The molecule has 2 heteroatoms. The molecule has 0 aliphatic carbocycles. The van der Waals surface area contributed by atoms with E-state index >= 15 is 0 Å². The van der Waals surface area contributed by atoms with Crippen molar-refractivity contribution in [3.8, 4) is 0 Å². The minimum absolute atomic E-state index is 0.510. The van der Waals surface area contributed by atoms with Gasteiger partial charge >= 0.3 is 0 Å². The predicted molar refractivity (Wildman–Crippen MR) is 80.3 cm³/mol. The summed E-state index contributed by atoms with van der Waals surface area (Å²) in [6.07, 6.45) is 2.28. The lowest BCUT2D eigenvalue weighted by Crippen LogP contribution is -2.33.